The Hall–Kier alpha value is -2.47. The first-order valence-electron chi connectivity index (χ1n) is 6.25. The average molecular weight is 270 g/mol. The minimum atomic E-state index is -0.253. The zero-order chi connectivity index (χ0) is 14.3. The Morgan fingerprint density at radius 2 is 2.20 bits per heavy atom. The zero-order valence-electron chi connectivity index (χ0n) is 11.0. The Bertz CT molecular complexity index is 713. The molecule has 1 amide bonds. The molecule has 0 saturated heterocycles. The topological polar surface area (TPSA) is 101 Å². The quantitative estimate of drug-likeness (QED) is 0.756. The highest BCUT2D eigenvalue weighted by Gasteiger charge is 2.19. The Morgan fingerprint density at radius 1 is 1.40 bits per heavy atom. The number of aryl methyl sites for hydroxylation is 1. The van der Waals surface area contributed by atoms with Gasteiger partial charge in [0.25, 0.3) is 0 Å². The SMILES string of the molecule is Cc1nc(N)c(CO)nc1-c1ccc2c(c1)CC(=O)N2. The van der Waals surface area contributed by atoms with Gasteiger partial charge in [0, 0.05) is 11.3 Å². The summed E-state index contributed by atoms with van der Waals surface area (Å²) in [6.07, 6.45) is 0.372. The van der Waals surface area contributed by atoms with Crippen molar-refractivity contribution in [3.63, 3.8) is 0 Å². The number of amides is 1. The Balaban J connectivity index is 2.10. The lowest BCUT2D eigenvalue weighted by Crippen LogP contribution is -2.05. The molecule has 2 heterocycles. The number of aromatic nitrogens is 2. The number of nitrogens with zero attached hydrogens (tertiary/aromatic N) is 2. The number of anilines is 2. The average Bonchev–Trinajstić information content (AvgIpc) is 2.78. The number of fused-ring (bicyclic) bond motifs is 1. The van der Waals surface area contributed by atoms with Crippen molar-refractivity contribution in [2.45, 2.75) is 20.0 Å². The monoisotopic (exact) mass is 270 g/mol. The van der Waals surface area contributed by atoms with Gasteiger partial charge >= 0.3 is 0 Å². The number of aliphatic hydroxyl groups is 1. The first kappa shape index (κ1) is 12.6. The van der Waals surface area contributed by atoms with Crippen molar-refractivity contribution in [3.05, 3.63) is 35.2 Å². The smallest absolute Gasteiger partial charge is 0.228 e. The molecule has 0 spiro atoms. The van der Waals surface area contributed by atoms with Crippen molar-refractivity contribution in [2.75, 3.05) is 11.1 Å². The van der Waals surface area contributed by atoms with Gasteiger partial charge in [-0.1, -0.05) is 6.07 Å². The standard InChI is InChI=1S/C14H14N4O2/c1-7-13(18-11(6-19)14(15)16-7)8-2-3-10-9(4-8)5-12(20)17-10/h2-4,19H,5-6H2,1H3,(H2,15,16)(H,17,20). The molecule has 0 aliphatic carbocycles. The lowest BCUT2D eigenvalue weighted by Gasteiger charge is -2.10. The predicted octanol–water partition coefficient (Wildman–Crippen LogP) is 1.02. The number of hydrogen-bond donors (Lipinski definition) is 3. The van der Waals surface area contributed by atoms with E-state index in [4.69, 9.17) is 5.73 Å². The number of benzene rings is 1. The van der Waals surface area contributed by atoms with Gasteiger partial charge in [-0.25, -0.2) is 9.97 Å². The van der Waals surface area contributed by atoms with E-state index in [9.17, 15) is 9.90 Å². The molecule has 0 atom stereocenters. The third-order valence-electron chi connectivity index (χ3n) is 3.33. The molecule has 0 fully saturated rings. The third-order valence-corrected chi connectivity index (χ3v) is 3.33. The summed E-state index contributed by atoms with van der Waals surface area (Å²) in [7, 11) is 0. The van der Waals surface area contributed by atoms with Crippen LogP contribution in [0.5, 0.6) is 0 Å². The van der Waals surface area contributed by atoms with Crippen molar-refractivity contribution >= 4 is 17.4 Å². The number of nitrogens with one attached hydrogen (secondary N) is 1. The lowest BCUT2D eigenvalue weighted by molar-refractivity contribution is -0.115. The molecule has 0 unspecified atom stereocenters. The molecule has 2 aromatic rings. The highest BCUT2D eigenvalue weighted by molar-refractivity contribution is 5.99. The van der Waals surface area contributed by atoms with Crippen LogP contribution in [0.25, 0.3) is 11.3 Å². The van der Waals surface area contributed by atoms with Gasteiger partial charge < -0.3 is 16.2 Å². The maximum absolute atomic E-state index is 11.4. The van der Waals surface area contributed by atoms with Crippen molar-refractivity contribution in [2.24, 2.45) is 0 Å². The number of nitrogens with two attached hydrogens (primary N) is 1. The predicted molar refractivity (Wildman–Crippen MR) is 74.9 cm³/mol. The second-order valence-corrected chi connectivity index (χ2v) is 4.74. The van der Waals surface area contributed by atoms with E-state index in [1.54, 1.807) is 0 Å². The molecule has 20 heavy (non-hydrogen) atoms. The summed E-state index contributed by atoms with van der Waals surface area (Å²) in [4.78, 5) is 19.9. The van der Waals surface area contributed by atoms with Crippen molar-refractivity contribution in [1.82, 2.24) is 9.97 Å². The molecule has 6 heteroatoms. The highest BCUT2D eigenvalue weighted by atomic mass is 16.3. The van der Waals surface area contributed by atoms with E-state index in [0.29, 0.717) is 23.5 Å². The molecule has 0 saturated carbocycles. The first-order valence-corrected chi connectivity index (χ1v) is 6.25. The normalized spacial score (nSPS) is 13.2. The number of carbonyl (C=O) groups excluding carboxylic acids is 1. The van der Waals surface area contributed by atoms with Gasteiger partial charge in [0.05, 0.1) is 24.4 Å². The van der Waals surface area contributed by atoms with Gasteiger partial charge in [0.15, 0.2) is 0 Å². The summed E-state index contributed by atoms with van der Waals surface area (Å²) in [5.41, 5.74) is 10.1. The van der Waals surface area contributed by atoms with Crippen LogP contribution in [0, 0.1) is 6.92 Å². The molecule has 1 aromatic carbocycles. The maximum atomic E-state index is 11.4. The maximum Gasteiger partial charge on any atom is 0.228 e. The molecule has 4 N–H and O–H groups in total. The molecule has 0 bridgehead atoms. The van der Waals surface area contributed by atoms with Crippen LogP contribution in [0.2, 0.25) is 0 Å². The van der Waals surface area contributed by atoms with Crippen LogP contribution in [0.3, 0.4) is 0 Å². The fraction of sp³-hybridized carbons (Fsp3) is 0.214. The Kier molecular flexibility index (Phi) is 2.87. The third kappa shape index (κ3) is 2.00. The van der Waals surface area contributed by atoms with E-state index in [1.165, 1.54) is 0 Å². The Morgan fingerprint density at radius 3 is 2.95 bits per heavy atom. The molecule has 3 rings (SSSR count). The second-order valence-electron chi connectivity index (χ2n) is 4.74. The first-order chi connectivity index (χ1) is 9.58. The summed E-state index contributed by atoms with van der Waals surface area (Å²) in [5.74, 6) is 0.236. The van der Waals surface area contributed by atoms with E-state index >= 15 is 0 Å². The number of carbonyl (C=O) groups is 1. The van der Waals surface area contributed by atoms with Gasteiger partial charge in [0.1, 0.15) is 11.5 Å². The lowest BCUT2D eigenvalue weighted by atomic mass is 10.0. The van der Waals surface area contributed by atoms with Crippen molar-refractivity contribution in [1.29, 1.82) is 0 Å². The number of aliphatic hydroxyl groups excluding tert-OH is 1. The Labute approximate surface area is 115 Å². The van der Waals surface area contributed by atoms with E-state index in [-0.39, 0.29) is 18.3 Å². The van der Waals surface area contributed by atoms with E-state index in [0.717, 1.165) is 16.8 Å². The van der Waals surface area contributed by atoms with Gasteiger partial charge in [-0.05, 0) is 24.6 Å². The minimum absolute atomic E-state index is 0.00619. The zero-order valence-corrected chi connectivity index (χ0v) is 11.0. The van der Waals surface area contributed by atoms with Gasteiger partial charge in [-0.3, -0.25) is 4.79 Å². The fourth-order valence-corrected chi connectivity index (χ4v) is 2.34. The second kappa shape index (κ2) is 4.57. The van der Waals surface area contributed by atoms with E-state index in [2.05, 4.69) is 15.3 Å². The molecular weight excluding hydrogens is 256 g/mol. The number of hydrogen-bond acceptors (Lipinski definition) is 5. The van der Waals surface area contributed by atoms with Crippen molar-refractivity contribution < 1.29 is 9.90 Å². The summed E-state index contributed by atoms with van der Waals surface area (Å²) in [6, 6.07) is 5.64. The van der Waals surface area contributed by atoms with Crippen LogP contribution in [0.4, 0.5) is 11.5 Å². The van der Waals surface area contributed by atoms with Gasteiger partial charge in [-0.2, -0.15) is 0 Å². The van der Waals surface area contributed by atoms with Gasteiger partial charge in [-0.15, -0.1) is 0 Å². The van der Waals surface area contributed by atoms with Gasteiger partial charge in [0.2, 0.25) is 5.91 Å². The fourth-order valence-electron chi connectivity index (χ4n) is 2.34. The molecule has 1 aliphatic heterocycles. The summed E-state index contributed by atoms with van der Waals surface area (Å²) >= 11 is 0. The summed E-state index contributed by atoms with van der Waals surface area (Å²) in [5, 5.41) is 12.0. The van der Waals surface area contributed by atoms with Crippen LogP contribution in [-0.4, -0.2) is 21.0 Å². The van der Waals surface area contributed by atoms with Crippen LogP contribution in [-0.2, 0) is 17.8 Å². The number of nitrogen functional groups attached to an aromatic ring is 1. The highest BCUT2D eigenvalue weighted by Crippen LogP contribution is 2.29. The summed E-state index contributed by atoms with van der Waals surface area (Å²) < 4.78 is 0. The van der Waals surface area contributed by atoms with Crippen LogP contribution in [0.1, 0.15) is 17.0 Å². The molecule has 0 radical (unpaired) electrons. The van der Waals surface area contributed by atoms with Crippen LogP contribution in [0.15, 0.2) is 18.2 Å². The van der Waals surface area contributed by atoms with E-state index < -0.39 is 0 Å². The molecule has 6 nitrogen and oxygen atoms in total. The number of rotatable bonds is 2. The molecular formula is C14H14N4O2. The summed E-state index contributed by atoms with van der Waals surface area (Å²) in [6.45, 7) is 1.56. The van der Waals surface area contributed by atoms with Crippen LogP contribution >= 0.6 is 0 Å². The minimum Gasteiger partial charge on any atom is -0.390 e. The van der Waals surface area contributed by atoms with Crippen molar-refractivity contribution in [3.8, 4) is 11.3 Å². The van der Waals surface area contributed by atoms with Crippen LogP contribution < -0.4 is 11.1 Å². The largest absolute Gasteiger partial charge is 0.390 e. The molecule has 102 valence electrons. The molecule has 1 aromatic heterocycles. The molecule has 1 aliphatic rings. The van der Waals surface area contributed by atoms with E-state index in [1.807, 2.05) is 25.1 Å².